The SMILES string of the molecule is CC/C=C\C/C=C\C/C=C\C/C=C\C/C=C\C/C=C\CCCCCCCCCCCCCCCCCCCCCCC(=O)NC(COP(=O)(O)OCC[N+](C)(C)C)C(O)/C=C/CC/C=C/CCCCCCCCCCCCCCCCCCCCCCCCCCC. The summed E-state index contributed by atoms with van der Waals surface area (Å²) in [4.78, 5) is 23.5. The highest BCUT2D eigenvalue weighted by molar-refractivity contribution is 7.47. The molecule has 92 heavy (non-hydrogen) atoms. The Morgan fingerprint density at radius 2 is 0.663 bits per heavy atom. The van der Waals surface area contributed by atoms with Crippen LogP contribution in [0.15, 0.2) is 97.2 Å². The van der Waals surface area contributed by atoms with Crippen molar-refractivity contribution in [2.24, 2.45) is 0 Å². The molecular formula is C83H154N2O6P+. The molecule has 0 fully saturated rings. The van der Waals surface area contributed by atoms with Gasteiger partial charge in [-0.1, -0.05) is 381 Å². The Labute approximate surface area is 572 Å². The minimum atomic E-state index is -4.37. The van der Waals surface area contributed by atoms with E-state index in [0.29, 0.717) is 17.4 Å². The van der Waals surface area contributed by atoms with Crippen molar-refractivity contribution < 1.29 is 32.9 Å². The molecule has 0 aromatic rings. The monoisotopic (exact) mass is 1310 g/mol. The van der Waals surface area contributed by atoms with Crippen LogP contribution in [0.3, 0.4) is 0 Å². The van der Waals surface area contributed by atoms with Crippen molar-refractivity contribution in [3.63, 3.8) is 0 Å². The molecule has 0 bridgehead atoms. The third kappa shape index (κ3) is 74.8. The molecule has 0 aromatic heterocycles. The molecule has 0 saturated carbocycles. The summed E-state index contributed by atoms with van der Waals surface area (Å²) in [5, 5.41) is 14.0. The first kappa shape index (κ1) is 89.4. The maximum atomic E-state index is 13.1. The Balaban J connectivity index is 4.00. The second-order valence-corrected chi connectivity index (χ2v) is 29.5. The highest BCUT2D eigenvalue weighted by atomic mass is 31.2. The lowest BCUT2D eigenvalue weighted by Crippen LogP contribution is -2.45. The van der Waals surface area contributed by atoms with E-state index in [1.54, 1.807) is 6.08 Å². The number of hydrogen-bond donors (Lipinski definition) is 3. The van der Waals surface area contributed by atoms with Crippen molar-refractivity contribution in [1.82, 2.24) is 5.32 Å². The minimum Gasteiger partial charge on any atom is -0.387 e. The first-order valence-corrected chi connectivity index (χ1v) is 41.1. The van der Waals surface area contributed by atoms with Gasteiger partial charge in [0.1, 0.15) is 13.2 Å². The van der Waals surface area contributed by atoms with Gasteiger partial charge in [-0.3, -0.25) is 13.8 Å². The first-order valence-electron chi connectivity index (χ1n) is 39.6. The number of phosphoric ester groups is 1. The van der Waals surface area contributed by atoms with Crippen molar-refractivity contribution in [1.29, 1.82) is 0 Å². The number of allylic oxidation sites excluding steroid dienone is 15. The summed E-state index contributed by atoms with van der Waals surface area (Å²) in [5.41, 5.74) is 0. The zero-order valence-electron chi connectivity index (χ0n) is 61.5. The Morgan fingerprint density at radius 1 is 0.380 bits per heavy atom. The Bertz CT molecular complexity index is 1830. The molecule has 1 amide bonds. The van der Waals surface area contributed by atoms with Gasteiger partial charge in [0.15, 0.2) is 0 Å². The van der Waals surface area contributed by atoms with E-state index in [4.69, 9.17) is 9.05 Å². The normalized spacial score (nSPS) is 14.0. The van der Waals surface area contributed by atoms with E-state index in [9.17, 15) is 19.4 Å². The van der Waals surface area contributed by atoms with Crippen LogP contribution in [0.5, 0.6) is 0 Å². The molecule has 8 nitrogen and oxygen atoms in total. The summed E-state index contributed by atoms with van der Waals surface area (Å²) in [6.07, 6.45) is 106. The molecule has 3 unspecified atom stereocenters. The van der Waals surface area contributed by atoms with Crippen LogP contribution in [0.2, 0.25) is 0 Å². The summed E-state index contributed by atoms with van der Waals surface area (Å²) in [7, 11) is 1.56. The summed E-state index contributed by atoms with van der Waals surface area (Å²) < 4.78 is 23.9. The van der Waals surface area contributed by atoms with E-state index < -0.39 is 20.0 Å². The number of phosphoric acid groups is 1. The number of unbranched alkanes of at least 4 members (excludes halogenated alkanes) is 46. The highest BCUT2D eigenvalue weighted by Gasteiger charge is 2.28. The van der Waals surface area contributed by atoms with Gasteiger partial charge in [0.05, 0.1) is 39.9 Å². The maximum Gasteiger partial charge on any atom is 0.472 e. The van der Waals surface area contributed by atoms with Gasteiger partial charge in [0, 0.05) is 6.42 Å². The third-order valence-corrected chi connectivity index (χ3v) is 18.8. The fourth-order valence-corrected chi connectivity index (χ4v) is 12.5. The van der Waals surface area contributed by atoms with Gasteiger partial charge >= 0.3 is 7.82 Å². The molecule has 9 heteroatoms. The number of carbonyl (C=O) groups excluding carboxylic acids is 1. The molecule has 3 N–H and O–H groups in total. The highest BCUT2D eigenvalue weighted by Crippen LogP contribution is 2.43. The van der Waals surface area contributed by atoms with E-state index in [1.165, 1.54) is 276 Å². The average Bonchev–Trinajstić information content (AvgIpc) is 2.63. The van der Waals surface area contributed by atoms with Crippen LogP contribution in [0.25, 0.3) is 0 Å². The van der Waals surface area contributed by atoms with E-state index in [1.807, 2.05) is 27.2 Å². The van der Waals surface area contributed by atoms with Gasteiger partial charge in [0.25, 0.3) is 0 Å². The standard InChI is InChI=1S/C83H153N2O6P/c1-6-8-10-12-14-16-18-20-22-24-26-28-30-32-34-36-38-39-40-41-42-43-44-45-47-49-51-53-55-57-59-61-63-65-67-69-71-73-75-77-83(87)84-81(80-91-92(88,89)90-79-78-85(3,4)5)82(86)76-74-72-70-68-66-64-62-60-58-56-54-52-50-48-46-37-35-33-31-29-27-25-23-21-19-17-15-13-11-9-7-2/h8,10,14,16,20,22,26,28,32,34,38-39,66,68,74,76,81-82,86H,6-7,9,11-13,15,17-19,21,23-25,27,29-31,33,35-37,40-65,67,69-73,75,77-80H2,1-5H3,(H-,84,87,88,89)/p+1/b10-8-,16-14-,22-20-,28-26-,34-32-,39-38-,68-66+,76-74+. The predicted octanol–water partition coefficient (Wildman–Crippen LogP) is 26.0. The van der Waals surface area contributed by atoms with Crippen LogP contribution >= 0.6 is 7.82 Å². The molecule has 0 aliphatic rings. The van der Waals surface area contributed by atoms with Gasteiger partial charge in [-0.2, -0.15) is 0 Å². The van der Waals surface area contributed by atoms with Gasteiger partial charge in [-0.15, -0.1) is 0 Å². The maximum absolute atomic E-state index is 13.1. The number of aliphatic hydroxyl groups excluding tert-OH is 1. The number of nitrogens with one attached hydrogen (secondary N) is 1. The minimum absolute atomic E-state index is 0.0551. The Kier molecular flexibility index (Phi) is 70.6. The lowest BCUT2D eigenvalue weighted by molar-refractivity contribution is -0.870. The summed E-state index contributed by atoms with van der Waals surface area (Å²) in [5.74, 6) is -0.182. The number of rotatable bonds is 73. The number of carbonyl (C=O) groups is 1. The molecule has 0 aliphatic heterocycles. The molecule has 0 spiro atoms. The van der Waals surface area contributed by atoms with Crippen molar-refractivity contribution in [2.45, 2.75) is 386 Å². The largest absolute Gasteiger partial charge is 0.472 e. The predicted molar refractivity (Wildman–Crippen MR) is 406 cm³/mol. The third-order valence-electron chi connectivity index (χ3n) is 17.8. The van der Waals surface area contributed by atoms with Gasteiger partial charge in [-0.25, -0.2) is 4.57 Å². The average molecular weight is 1310 g/mol. The van der Waals surface area contributed by atoms with E-state index >= 15 is 0 Å². The van der Waals surface area contributed by atoms with Crippen LogP contribution in [-0.4, -0.2) is 73.4 Å². The van der Waals surface area contributed by atoms with Gasteiger partial charge in [0.2, 0.25) is 5.91 Å². The molecule has 0 heterocycles. The molecule has 0 saturated heterocycles. The Hall–Kier alpha value is -2.58. The molecule has 3 atom stereocenters. The summed E-state index contributed by atoms with van der Waals surface area (Å²) in [6, 6.07) is -0.869. The van der Waals surface area contributed by atoms with Gasteiger partial charge < -0.3 is 19.8 Å². The van der Waals surface area contributed by atoms with Crippen molar-refractivity contribution >= 4 is 13.7 Å². The number of aliphatic hydroxyl groups is 1. The number of nitrogens with zero attached hydrogens (tertiary/aromatic N) is 1. The summed E-state index contributed by atoms with van der Waals surface area (Å²) >= 11 is 0. The lowest BCUT2D eigenvalue weighted by atomic mass is 10.0. The molecule has 0 aliphatic carbocycles. The molecule has 0 rings (SSSR count). The smallest absolute Gasteiger partial charge is 0.387 e. The number of quaternary nitrogens is 1. The van der Waals surface area contributed by atoms with Gasteiger partial charge in [-0.05, 0) is 83.5 Å². The second kappa shape index (κ2) is 72.7. The van der Waals surface area contributed by atoms with E-state index in [2.05, 4.69) is 104 Å². The quantitative estimate of drug-likeness (QED) is 0.0243. The van der Waals surface area contributed by atoms with Crippen LogP contribution < -0.4 is 5.32 Å². The second-order valence-electron chi connectivity index (χ2n) is 28.1. The zero-order valence-corrected chi connectivity index (χ0v) is 62.4. The number of likely N-dealkylation sites (N-methyl/N-ethyl adjacent to an activating group) is 1. The Morgan fingerprint density at radius 3 is 1.00 bits per heavy atom. The molecule has 0 aromatic carbocycles. The van der Waals surface area contributed by atoms with Crippen LogP contribution in [0.1, 0.15) is 373 Å². The lowest BCUT2D eigenvalue weighted by Gasteiger charge is -2.25. The van der Waals surface area contributed by atoms with Crippen molar-refractivity contribution in [2.75, 3.05) is 40.9 Å². The van der Waals surface area contributed by atoms with Crippen LogP contribution in [0.4, 0.5) is 0 Å². The first-order chi connectivity index (χ1) is 45.0. The number of hydrogen-bond acceptors (Lipinski definition) is 5. The number of amides is 1. The topological polar surface area (TPSA) is 105 Å². The fraction of sp³-hybridized carbons (Fsp3) is 0.795. The van der Waals surface area contributed by atoms with Crippen LogP contribution in [0, 0.1) is 0 Å². The zero-order chi connectivity index (χ0) is 66.9. The molecule has 0 radical (unpaired) electrons. The van der Waals surface area contributed by atoms with Crippen molar-refractivity contribution in [3.8, 4) is 0 Å². The van der Waals surface area contributed by atoms with E-state index in [-0.39, 0.29) is 19.1 Å². The summed E-state index contributed by atoms with van der Waals surface area (Å²) in [6.45, 7) is 4.73. The van der Waals surface area contributed by atoms with Crippen molar-refractivity contribution in [3.05, 3.63) is 97.2 Å². The molecule has 536 valence electrons. The molecular weight excluding hydrogens is 1150 g/mol. The van der Waals surface area contributed by atoms with E-state index in [0.717, 1.165) is 77.0 Å². The fourth-order valence-electron chi connectivity index (χ4n) is 11.7. The van der Waals surface area contributed by atoms with Crippen LogP contribution in [-0.2, 0) is 18.4 Å².